The summed E-state index contributed by atoms with van der Waals surface area (Å²) in [6.45, 7) is 5.98. The second-order valence-electron chi connectivity index (χ2n) is 7.32. The van der Waals surface area contributed by atoms with Gasteiger partial charge in [0.2, 0.25) is 11.9 Å². The van der Waals surface area contributed by atoms with Crippen LogP contribution in [0.2, 0.25) is 0 Å². The van der Waals surface area contributed by atoms with Crippen LogP contribution in [0.5, 0.6) is 11.5 Å². The molecule has 0 atom stereocenters. The fraction of sp³-hybridized carbons (Fsp3) is 0.273. The zero-order valence-corrected chi connectivity index (χ0v) is 17.5. The molecular formula is C22H22N4O4. The fourth-order valence-electron chi connectivity index (χ4n) is 3.87. The van der Waals surface area contributed by atoms with Gasteiger partial charge >= 0.3 is 5.69 Å². The van der Waals surface area contributed by atoms with E-state index >= 15 is 0 Å². The first-order valence-electron chi connectivity index (χ1n) is 9.46. The topological polar surface area (TPSA) is 95.3 Å². The lowest BCUT2D eigenvalue weighted by atomic mass is 9.99. The van der Waals surface area contributed by atoms with Crippen molar-refractivity contribution in [3.63, 3.8) is 0 Å². The lowest BCUT2D eigenvalue weighted by Crippen LogP contribution is -2.35. The van der Waals surface area contributed by atoms with Crippen LogP contribution in [0.4, 0.5) is 11.6 Å². The Balaban J connectivity index is 1.88. The number of nitrogens with zero attached hydrogens (tertiary/aromatic N) is 3. The molecule has 0 radical (unpaired) electrons. The zero-order chi connectivity index (χ0) is 21.6. The first kappa shape index (κ1) is 19.6. The van der Waals surface area contributed by atoms with Crippen LogP contribution >= 0.6 is 0 Å². The van der Waals surface area contributed by atoms with Gasteiger partial charge in [0.05, 0.1) is 20.6 Å². The van der Waals surface area contributed by atoms with E-state index in [2.05, 4.69) is 15.3 Å². The van der Waals surface area contributed by atoms with Gasteiger partial charge in [0.15, 0.2) is 17.3 Å². The van der Waals surface area contributed by atoms with Gasteiger partial charge in [-0.2, -0.15) is 9.97 Å². The minimum Gasteiger partial charge on any atom is -0.493 e. The number of methoxy groups -OCH3 is 2. The van der Waals surface area contributed by atoms with Gasteiger partial charge in [-0.3, -0.25) is 4.79 Å². The number of benzene rings is 2. The summed E-state index contributed by atoms with van der Waals surface area (Å²) in [4.78, 5) is 33.8. The number of fused-ring (bicyclic) bond motifs is 3. The van der Waals surface area contributed by atoms with Crippen LogP contribution in [0.15, 0.2) is 29.1 Å². The van der Waals surface area contributed by atoms with Crippen molar-refractivity contribution in [2.45, 2.75) is 27.2 Å². The van der Waals surface area contributed by atoms with E-state index in [-0.39, 0.29) is 24.1 Å². The molecule has 0 saturated carbocycles. The summed E-state index contributed by atoms with van der Waals surface area (Å²) in [5, 5.41) is 3.15. The van der Waals surface area contributed by atoms with Gasteiger partial charge < -0.3 is 14.8 Å². The predicted molar refractivity (Wildman–Crippen MR) is 113 cm³/mol. The van der Waals surface area contributed by atoms with Crippen LogP contribution in [0.25, 0.3) is 11.4 Å². The van der Waals surface area contributed by atoms with E-state index in [1.807, 2.05) is 32.9 Å². The predicted octanol–water partition coefficient (Wildman–Crippen LogP) is 3.19. The van der Waals surface area contributed by atoms with E-state index < -0.39 is 5.69 Å². The Morgan fingerprint density at radius 3 is 2.20 bits per heavy atom. The molecule has 0 fully saturated rings. The zero-order valence-electron chi connectivity index (χ0n) is 17.5. The summed E-state index contributed by atoms with van der Waals surface area (Å²) in [5.74, 6) is 0.980. The standard InChI is InChI=1S/C22H22N4O4/c1-11-6-12(2)19(13(3)7-11)23-21-24-20-15-10-17(30-5)16(29-4)8-14(15)9-18(27)26(20)22(28)25-21/h6-8,10H,9H2,1-5H3,(H,23,25,28). The molecule has 1 aliphatic heterocycles. The number of hydrogen-bond acceptors (Lipinski definition) is 7. The third-order valence-electron chi connectivity index (χ3n) is 5.17. The highest BCUT2D eigenvalue weighted by Crippen LogP contribution is 2.37. The Bertz CT molecular complexity index is 1220. The maximum Gasteiger partial charge on any atom is 0.359 e. The van der Waals surface area contributed by atoms with Crippen molar-refractivity contribution in [1.29, 1.82) is 0 Å². The number of ether oxygens (including phenoxy) is 2. The van der Waals surface area contributed by atoms with E-state index in [1.165, 1.54) is 14.2 Å². The van der Waals surface area contributed by atoms with Crippen molar-refractivity contribution >= 4 is 17.5 Å². The van der Waals surface area contributed by atoms with Crippen molar-refractivity contribution in [3.8, 4) is 22.9 Å². The molecule has 1 aliphatic rings. The van der Waals surface area contributed by atoms with Crippen molar-refractivity contribution in [2.75, 3.05) is 19.5 Å². The summed E-state index contributed by atoms with van der Waals surface area (Å²) in [6.07, 6.45) is 0.0505. The molecule has 0 bridgehead atoms. The number of rotatable bonds is 4. The first-order valence-corrected chi connectivity index (χ1v) is 9.46. The molecular weight excluding hydrogens is 384 g/mol. The van der Waals surface area contributed by atoms with Crippen molar-refractivity contribution in [2.24, 2.45) is 0 Å². The Morgan fingerprint density at radius 1 is 0.933 bits per heavy atom. The van der Waals surface area contributed by atoms with E-state index in [9.17, 15) is 9.59 Å². The number of aromatic nitrogens is 3. The second kappa shape index (κ2) is 7.29. The van der Waals surface area contributed by atoms with Crippen LogP contribution in [-0.2, 0) is 6.42 Å². The Hall–Kier alpha value is -3.68. The van der Waals surface area contributed by atoms with Crippen molar-refractivity contribution < 1.29 is 14.3 Å². The van der Waals surface area contributed by atoms with Gasteiger partial charge in [-0.1, -0.05) is 17.7 Å². The average molecular weight is 406 g/mol. The minimum atomic E-state index is -0.671. The molecule has 0 spiro atoms. The molecule has 0 amide bonds. The maximum absolute atomic E-state index is 12.7. The van der Waals surface area contributed by atoms with E-state index in [4.69, 9.17) is 9.47 Å². The van der Waals surface area contributed by atoms with Crippen molar-refractivity contribution in [1.82, 2.24) is 14.5 Å². The van der Waals surface area contributed by atoms with E-state index in [0.29, 0.717) is 22.6 Å². The van der Waals surface area contributed by atoms with Gasteiger partial charge in [-0.05, 0) is 49.6 Å². The summed E-state index contributed by atoms with van der Waals surface area (Å²) in [7, 11) is 3.06. The van der Waals surface area contributed by atoms with Gasteiger partial charge in [0.1, 0.15) is 0 Å². The molecule has 1 N–H and O–H groups in total. The monoisotopic (exact) mass is 406 g/mol. The van der Waals surface area contributed by atoms with Crippen LogP contribution in [0.3, 0.4) is 0 Å². The third kappa shape index (κ3) is 3.20. The van der Waals surface area contributed by atoms with Crippen LogP contribution in [-0.4, -0.2) is 34.7 Å². The number of aryl methyl sites for hydroxylation is 3. The van der Waals surface area contributed by atoms with Gasteiger partial charge in [0, 0.05) is 11.3 Å². The summed E-state index contributed by atoms with van der Waals surface area (Å²) in [6, 6.07) is 7.54. The van der Waals surface area contributed by atoms with Crippen LogP contribution in [0, 0.1) is 20.8 Å². The van der Waals surface area contributed by atoms with Gasteiger partial charge in [-0.15, -0.1) is 0 Å². The lowest BCUT2D eigenvalue weighted by molar-refractivity contribution is 0.0905. The molecule has 154 valence electrons. The summed E-state index contributed by atoms with van der Waals surface area (Å²) in [5.41, 5.74) is 4.67. The quantitative estimate of drug-likeness (QED) is 0.711. The molecule has 2 aromatic carbocycles. The molecule has 3 aromatic rings. The second-order valence-corrected chi connectivity index (χ2v) is 7.32. The molecule has 1 aromatic heterocycles. The van der Waals surface area contributed by atoms with E-state index in [0.717, 1.165) is 26.9 Å². The summed E-state index contributed by atoms with van der Waals surface area (Å²) >= 11 is 0. The number of hydrogen-bond donors (Lipinski definition) is 1. The number of anilines is 2. The SMILES string of the molecule is COc1cc2c(cc1OC)-c1nc(Nc3c(C)cc(C)cc3C)nc(=O)n1C(=O)C2. The average Bonchev–Trinajstić information content (AvgIpc) is 2.69. The van der Waals surface area contributed by atoms with Gasteiger partial charge in [0.25, 0.3) is 0 Å². The maximum atomic E-state index is 12.7. The van der Waals surface area contributed by atoms with Crippen LogP contribution in [0.1, 0.15) is 27.0 Å². The van der Waals surface area contributed by atoms with Crippen LogP contribution < -0.4 is 20.5 Å². The molecule has 30 heavy (non-hydrogen) atoms. The molecule has 2 heterocycles. The summed E-state index contributed by atoms with van der Waals surface area (Å²) < 4.78 is 11.7. The number of carbonyl (C=O) groups excluding carboxylic acids is 1. The molecule has 0 saturated heterocycles. The third-order valence-corrected chi connectivity index (χ3v) is 5.17. The molecule has 0 aliphatic carbocycles. The van der Waals surface area contributed by atoms with Crippen molar-refractivity contribution in [3.05, 3.63) is 57.0 Å². The highest BCUT2D eigenvalue weighted by molar-refractivity contribution is 5.91. The number of carbonyl (C=O) groups is 1. The normalized spacial score (nSPS) is 12.2. The van der Waals surface area contributed by atoms with E-state index in [1.54, 1.807) is 12.1 Å². The molecule has 8 heteroatoms. The largest absolute Gasteiger partial charge is 0.493 e. The first-order chi connectivity index (χ1) is 14.3. The Kier molecular flexibility index (Phi) is 4.77. The fourth-order valence-corrected chi connectivity index (χ4v) is 3.87. The highest BCUT2D eigenvalue weighted by atomic mass is 16.5. The van der Waals surface area contributed by atoms with Gasteiger partial charge in [-0.25, -0.2) is 9.36 Å². The number of nitrogens with one attached hydrogen (secondary N) is 1. The minimum absolute atomic E-state index is 0.0505. The highest BCUT2D eigenvalue weighted by Gasteiger charge is 2.28. The molecule has 8 nitrogen and oxygen atoms in total. The lowest BCUT2D eigenvalue weighted by Gasteiger charge is -2.21. The Labute approximate surface area is 173 Å². The Morgan fingerprint density at radius 2 is 1.57 bits per heavy atom. The molecule has 4 rings (SSSR count). The smallest absolute Gasteiger partial charge is 0.359 e. The molecule has 0 unspecified atom stereocenters.